The quantitative estimate of drug-likeness (QED) is 0.643. The van der Waals surface area contributed by atoms with Crippen molar-refractivity contribution < 1.29 is 27.4 Å². The Bertz CT molecular complexity index is 1100. The van der Waals surface area contributed by atoms with Gasteiger partial charge in [-0.15, -0.1) is 0 Å². The molecule has 0 saturated carbocycles. The Morgan fingerprint density at radius 3 is 2.84 bits per heavy atom. The first-order valence-corrected chi connectivity index (χ1v) is 9.90. The Labute approximate surface area is 181 Å². The van der Waals surface area contributed by atoms with Crippen LogP contribution in [0, 0.1) is 0 Å². The van der Waals surface area contributed by atoms with Gasteiger partial charge in [0.15, 0.2) is 5.69 Å². The molecule has 1 unspecified atom stereocenters. The van der Waals surface area contributed by atoms with Gasteiger partial charge >= 0.3 is 12.2 Å². The summed E-state index contributed by atoms with van der Waals surface area (Å²) in [5.74, 6) is 0.349. The van der Waals surface area contributed by atoms with E-state index in [2.05, 4.69) is 20.2 Å². The number of hydrogen-bond donors (Lipinski definition) is 1. The van der Waals surface area contributed by atoms with Gasteiger partial charge in [0.2, 0.25) is 0 Å². The Morgan fingerprint density at radius 1 is 1.25 bits per heavy atom. The number of nitrogens with one attached hydrogen (secondary N) is 1. The topological polar surface area (TPSA) is 93.2 Å². The lowest BCUT2D eigenvalue weighted by atomic mass is 10.1. The first-order valence-electron chi connectivity index (χ1n) is 9.90. The fourth-order valence-corrected chi connectivity index (χ4v) is 3.52. The first-order chi connectivity index (χ1) is 15.3. The van der Waals surface area contributed by atoms with E-state index in [1.54, 1.807) is 24.1 Å². The number of carbonyl (C=O) groups is 1. The van der Waals surface area contributed by atoms with Crippen molar-refractivity contribution in [1.82, 2.24) is 25.1 Å². The third-order valence-corrected chi connectivity index (χ3v) is 5.05. The molecule has 4 rings (SSSR count). The third-order valence-electron chi connectivity index (χ3n) is 5.05. The molecule has 11 heteroatoms. The van der Waals surface area contributed by atoms with Crippen LogP contribution >= 0.6 is 0 Å². The van der Waals surface area contributed by atoms with Gasteiger partial charge in [-0.1, -0.05) is 12.1 Å². The number of methoxy groups -OCH3 is 1. The average molecular weight is 447 g/mol. The van der Waals surface area contributed by atoms with E-state index in [1.165, 1.54) is 0 Å². The van der Waals surface area contributed by atoms with Crippen LogP contribution in [0.5, 0.6) is 11.8 Å². The van der Waals surface area contributed by atoms with Gasteiger partial charge in [-0.25, -0.2) is 4.98 Å². The van der Waals surface area contributed by atoms with E-state index in [1.807, 2.05) is 18.2 Å². The number of aromatic nitrogens is 4. The van der Waals surface area contributed by atoms with Gasteiger partial charge in [-0.2, -0.15) is 23.3 Å². The van der Waals surface area contributed by atoms with Gasteiger partial charge in [0.25, 0.3) is 5.91 Å². The lowest BCUT2D eigenvalue weighted by molar-refractivity contribution is -0.141. The Balaban J connectivity index is 1.45. The summed E-state index contributed by atoms with van der Waals surface area (Å²) in [5, 5.41) is 6.97. The molecule has 0 aliphatic carbocycles. The van der Waals surface area contributed by atoms with Crippen molar-refractivity contribution in [2.24, 2.45) is 0 Å². The molecule has 2 aromatic heterocycles. The molecule has 3 heterocycles. The van der Waals surface area contributed by atoms with E-state index in [4.69, 9.17) is 9.47 Å². The number of H-pyrrole nitrogens is 1. The largest absolute Gasteiger partial charge is 0.496 e. The minimum atomic E-state index is -4.59. The molecule has 1 atom stereocenters. The smallest absolute Gasteiger partial charge is 0.433 e. The second-order valence-corrected chi connectivity index (χ2v) is 7.22. The molecule has 0 radical (unpaired) electrons. The number of nitrogens with zero attached hydrogens (tertiary/aromatic N) is 4. The molecule has 0 bridgehead atoms. The van der Waals surface area contributed by atoms with Crippen LogP contribution in [-0.2, 0) is 6.18 Å². The van der Waals surface area contributed by atoms with Crippen molar-refractivity contribution in [3.63, 3.8) is 0 Å². The van der Waals surface area contributed by atoms with Crippen LogP contribution in [0.25, 0.3) is 11.3 Å². The SMILES string of the molecule is COc1ccccc1-c1cc(C(=O)N2CCCC(Oc3nccc(C(F)(F)F)n3)C2)[nH]n1. The van der Waals surface area contributed by atoms with Crippen molar-refractivity contribution in [3.05, 3.63) is 54.0 Å². The molecule has 0 spiro atoms. The molecule has 1 saturated heterocycles. The van der Waals surface area contributed by atoms with Crippen molar-refractivity contribution in [2.75, 3.05) is 20.2 Å². The second kappa shape index (κ2) is 8.85. The standard InChI is InChI=1S/C21H20F3N5O3/c1-31-17-7-3-2-6-14(17)15-11-16(28-27-15)19(30)29-10-4-5-13(12-29)32-20-25-9-8-18(26-20)21(22,23)24/h2-3,6-9,11,13H,4-5,10,12H2,1H3,(H,27,28). The van der Waals surface area contributed by atoms with Crippen LogP contribution < -0.4 is 9.47 Å². The summed E-state index contributed by atoms with van der Waals surface area (Å²) >= 11 is 0. The number of para-hydroxylation sites is 1. The van der Waals surface area contributed by atoms with Crippen molar-refractivity contribution in [3.8, 4) is 23.0 Å². The molecule has 8 nitrogen and oxygen atoms in total. The molecule has 32 heavy (non-hydrogen) atoms. The molecule has 1 amide bonds. The number of amides is 1. The normalized spacial score (nSPS) is 16.6. The summed E-state index contributed by atoms with van der Waals surface area (Å²) in [6.07, 6.45) is -2.91. The molecule has 1 aliphatic heterocycles. The summed E-state index contributed by atoms with van der Waals surface area (Å²) in [6, 6.07) is 9.37. The minimum absolute atomic E-state index is 0.196. The number of benzene rings is 1. The van der Waals surface area contributed by atoms with Gasteiger partial charge in [-0.3, -0.25) is 9.89 Å². The zero-order chi connectivity index (χ0) is 22.7. The summed E-state index contributed by atoms with van der Waals surface area (Å²) in [4.78, 5) is 21.7. The van der Waals surface area contributed by atoms with Gasteiger partial charge in [0.05, 0.1) is 19.3 Å². The maximum Gasteiger partial charge on any atom is 0.433 e. The highest BCUT2D eigenvalue weighted by molar-refractivity contribution is 5.93. The van der Waals surface area contributed by atoms with Crippen LogP contribution in [0.4, 0.5) is 13.2 Å². The molecular weight excluding hydrogens is 427 g/mol. The zero-order valence-electron chi connectivity index (χ0n) is 17.1. The number of aromatic amines is 1. The van der Waals surface area contributed by atoms with E-state index in [-0.39, 0.29) is 18.5 Å². The molecular formula is C21H20F3N5O3. The van der Waals surface area contributed by atoms with Crippen molar-refractivity contribution >= 4 is 5.91 Å². The summed E-state index contributed by atoms with van der Waals surface area (Å²) in [5.41, 5.74) is 0.522. The van der Waals surface area contributed by atoms with E-state index >= 15 is 0 Å². The van der Waals surface area contributed by atoms with Crippen molar-refractivity contribution in [2.45, 2.75) is 25.1 Å². The van der Waals surface area contributed by atoms with Gasteiger partial charge in [0.1, 0.15) is 17.5 Å². The fraction of sp³-hybridized carbons (Fsp3) is 0.333. The van der Waals surface area contributed by atoms with E-state index in [9.17, 15) is 18.0 Å². The van der Waals surface area contributed by atoms with Crippen LogP contribution in [0.15, 0.2) is 42.6 Å². The van der Waals surface area contributed by atoms with Crippen LogP contribution in [-0.4, -0.2) is 57.3 Å². The lowest BCUT2D eigenvalue weighted by Crippen LogP contribution is -2.44. The minimum Gasteiger partial charge on any atom is -0.496 e. The molecule has 1 aliphatic rings. The van der Waals surface area contributed by atoms with Gasteiger partial charge < -0.3 is 14.4 Å². The second-order valence-electron chi connectivity index (χ2n) is 7.22. The predicted molar refractivity (Wildman–Crippen MR) is 107 cm³/mol. The number of likely N-dealkylation sites (tertiary alicyclic amines) is 1. The molecule has 1 aromatic carbocycles. The average Bonchev–Trinajstić information content (AvgIpc) is 3.28. The predicted octanol–water partition coefficient (Wildman–Crippen LogP) is 3.58. The summed E-state index contributed by atoms with van der Waals surface area (Å²) in [6.45, 7) is 0.687. The molecule has 1 N–H and O–H groups in total. The number of hydrogen-bond acceptors (Lipinski definition) is 6. The van der Waals surface area contributed by atoms with E-state index < -0.39 is 18.0 Å². The Hall–Kier alpha value is -3.63. The van der Waals surface area contributed by atoms with E-state index in [0.717, 1.165) is 17.8 Å². The number of piperidine rings is 1. The lowest BCUT2D eigenvalue weighted by Gasteiger charge is -2.32. The molecule has 3 aromatic rings. The monoisotopic (exact) mass is 447 g/mol. The van der Waals surface area contributed by atoms with Crippen molar-refractivity contribution in [1.29, 1.82) is 0 Å². The van der Waals surface area contributed by atoms with Crippen LogP contribution in [0.1, 0.15) is 29.0 Å². The highest BCUT2D eigenvalue weighted by Gasteiger charge is 2.34. The highest BCUT2D eigenvalue weighted by Crippen LogP contribution is 2.30. The summed E-state index contributed by atoms with van der Waals surface area (Å²) in [7, 11) is 1.56. The number of alkyl halides is 3. The van der Waals surface area contributed by atoms with Gasteiger partial charge in [-0.05, 0) is 37.1 Å². The first kappa shape index (κ1) is 21.6. The highest BCUT2D eigenvalue weighted by atomic mass is 19.4. The third kappa shape index (κ3) is 4.66. The van der Waals surface area contributed by atoms with Gasteiger partial charge in [0, 0.05) is 18.3 Å². The maximum atomic E-state index is 13.0. The number of carbonyl (C=O) groups excluding carboxylic acids is 1. The number of ether oxygens (including phenoxy) is 2. The number of halogens is 3. The molecule has 1 fully saturated rings. The van der Waals surface area contributed by atoms with Crippen LogP contribution in [0.2, 0.25) is 0 Å². The summed E-state index contributed by atoms with van der Waals surface area (Å²) < 4.78 is 49.5. The number of rotatable bonds is 5. The van der Waals surface area contributed by atoms with E-state index in [0.29, 0.717) is 36.5 Å². The Morgan fingerprint density at radius 2 is 2.06 bits per heavy atom. The maximum absolute atomic E-state index is 13.0. The van der Waals surface area contributed by atoms with Crippen LogP contribution in [0.3, 0.4) is 0 Å². The molecule has 168 valence electrons. The fourth-order valence-electron chi connectivity index (χ4n) is 3.52. The Kier molecular flexibility index (Phi) is 5.97. The zero-order valence-corrected chi connectivity index (χ0v) is 17.1.